The van der Waals surface area contributed by atoms with Crippen LogP contribution in [-0.4, -0.2) is 29.5 Å². The second-order valence-electron chi connectivity index (χ2n) is 3.75. The van der Waals surface area contributed by atoms with Crippen molar-refractivity contribution in [3.63, 3.8) is 0 Å². The first-order valence-electron chi connectivity index (χ1n) is 5.26. The van der Waals surface area contributed by atoms with Gasteiger partial charge >= 0.3 is 5.97 Å². The Balaban J connectivity index is 1.87. The van der Waals surface area contributed by atoms with E-state index in [0.29, 0.717) is 18.5 Å². The van der Waals surface area contributed by atoms with Gasteiger partial charge in [-0.1, -0.05) is 18.2 Å². The van der Waals surface area contributed by atoms with E-state index < -0.39 is 12.0 Å². The Hall–Kier alpha value is -1.92. The third-order valence-corrected chi connectivity index (χ3v) is 2.54. The molecule has 1 saturated heterocycles. The van der Waals surface area contributed by atoms with E-state index in [1.165, 1.54) is 0 Å². The maximum Gasteiger partial charge on any atom is 0.356 e. The Bertz CT molecular complexity index is 421. The summed E-state index contributed by atoms with van der Waals surface area (Å²) in [5.74, 6) is 4.60. The summed E-state index contributed by atoms with van der Waals surface area (Å²) in [6.45, 7) is 0.458. The van der Waals surface area contributed by atoms with Gasteiger partial charge in [-0.05, 0) is 18.6 Å². The highest BCUT2D eigenvalue weighted by Crippen LogP contribution is 2.07. The average Bonchev–Trinajstić information content (AvgIpc) is 2.68. The highest BCUT2D eigenvalue weighted by atomic mass is 16.7. The number of benzene rings is 1. The van der Waals surface area contributed by atoms with Crippen LogP contribution in [0.2, 0.25) is 0 Å². The monoisotopic (exact) mass is 235 g/mol. The van der Waals surface area contributed by atoms with E-state index in [1.807, 2.05) is 0 Å². The summed E-state index contributed by atoms with van der Waals surface area (Å²) in [4.78, 5) is 27.8. The van der Waals surface area contributed by atoms with Gasteiger partial charge in [-0.2, -0.15) is 0 Å². The average molecular weight is 235 g/mol. The van der Waals surface area contributed by atoms with Gasteiger partial charge in [-0.3, -0.25) is 9.80 Å². The smallest absolute Gasteiger partial charge is 0.356 e. The predicted molar refractivity (Wildman–Crippen MR) is 59.3 cm³/mol. The normalized spacial score (nSPS) is 19.5. The number of nitrogens with two attached hydrogens (primary N) is 1. The first kappa shape index (κ1) is 11.6. The number of rotatable bonds is 3. The van der Waals surface area contributed by atoms with E-state index in [2.05, 4.69) is 5.48 Å². The third kappa shape index (κ3) is 2.61. The Morgan fingerprint density at radius 3 is 2.71 bits per heavy atom. The maximum atomic E-state index is 11.5. The molecular weight excluding hydrogens is 222 g/mol. The molecule has 0 radical (unpaired) electrons. The zero-order valence-corrected chi connectivity index (χ0v) is 9.13. The maximum absolute atomic E-state index is 11.5. The zero-order valence-electron chi connectivity index (χ0n) is 9.13. The Kier molecular flexibility index (Phi) is 3.36. The topological polar surface area (TPSA) is 84.7 Å². The molecule has 1 unspecified atom stereocenters. The minimum atomic E-state index is -0.548. The van der Waals surface area contributed by atoms with Gasteiger partial charge in [0.15, 0.2) is 0 Å². The SMILES string of the molecule is NN1CCC(NOC(=O)c2ccccc2)C1=O. The molecule has 1 atom stereocenters. The second kappa shape index (κ2) is 4.94. The first-order valence-corrected chi connectivity index (χ1v) is 5.26. The van der Waals surface area contributed by atoms with Crippen LogP contribution in [0.5, 0.6) is 0 Å². The molecule has 0 aromatic heterocycles. The number of hydrogen-bond donors (Lipinski definition) is 2. The molecule has 0 aliphatic carbocycles. The van der Waals surface area contributed by atoms with Crippen molar-refractivity contribution in [1.82, 2.24) is 10.5 Å². The molecule has 17 heavy (non-hydrogen) atoms. The molecule has 1 heterocycles. The van der Waals surface area contributed by atoms with Crippen LogP contribution < -0.4 is 11.3 Å². The molecule has 0 saturated carbocycles. The second-order valence-corrected chi connectivity index (χ2v) is 3.75. The highest BCUT2D eigenvalue weighted by Gasteiger charge is 2.30. The van der Waals surface area contributed by atoms with Crippen LogP contribution in [0.15, 0.2) is 30.3 Å². The lowest BCUT2D eigenvalue weighted by atomic mass is 10.2. The number of hydroxylamine groups is 1. The van der Waals surface area contributed by atoms with Crippen molar-refractivity contribution in [2.75, 3.05) is 6.54 Å². The fourth-order valence-electron chi connectivity index (χ4n) is 1.57. The van der Waals surface area contributed by atoms with Crippen molar-refractivity contribution in [3.8, 4) is 0 Å². The third-order valence-electron chi connectivity index (χ3n) is 2.54. The van der Waals surface area contributed by atoms with Crippen LogP contribution in [0.1, 0.15) is 16.8 Å². The minimum Gasteiger partial charge on any atom is -0.366 e. The van der Waals surface area contributed by atoms with Crippen molar-refractivity contribution >= 4 is 11.9 Å². The van der Waals surface area contributed by atoms with Crippen LogP contribution in [0, 0.1) is 0 Å². The summed E-state index contributed by atoms with van der Waals surface area (Å²) in [5, 5.41) is 1.11. The molecule has 6 heteroatoms. The minimum absolute atomic E-state index is 0.272. The molecular formula is C11H13N3O3. The quantitative estimate of drug-likeness (QED) is 0.431. The van der Waals surface area contributed by atoms with Gasteiger partial charge in [0.25, 0.3) is 5.91 Å². The van der Waals surface area contributed by atoms with Crippen LogP contribution in [0.25, 0.3) is 0 Å². The van der Waals surface area contributed by atoms with Gasteiger partial charge in [-0.15, -0.1) is 5.48 Å². The molecule has 1 fully saturated rings. The lowest BCUT2D eigenvalue weighted by molar-refractivity contribution is -0.131. The van der Waals surface area contributed by atoms with Crippen LogP contribution in [-0.2, 0) is 9.63 Å². The van der Waals surface area contributed by atoms with Gasteiger partial charge in [-0.25, -0.2) is 10.6 Å². The van der Waals surface area contributed by atoms with Crippen molar-refractivity contribution in [1.29, 1.82) is 0 Å². The molecule has 90 valence electrons. The number of hydrogen-bond acceptors (Lipinski definition) is 5. The Morgan fingerprint density at radius 2 is 2.12 bits per heavy atom. The number of nitrogens with one attached hydrogen (secondary N) is 1. The Labute approximate surface area is 98.3 Å². The number of carbonyl (C=O) groups excluding carboxylic acids is 2. The summed E-state index contributed by atoms with van der Waals surface area (Å²) in [6.07, 6.45) is 0.525. The summed E-state index contributed by atoms with van der Waals surface area (Å²) in [5.41, 5.74) is 2.87. The van der Waals surface area contributed by atoms with Gasteiger partial charge in [0, 0.05) is 6.54 Å². The lowest BCUT2D eigenvalue weighted by Gasteiger charge is -2.11. The van der Waals surface area contributed by atoms with E-state index in [0.717, 1.165) is 5.01 Å². The Morgan fingerprint density at radius 1 is 1.41 bits per heavy atom. The molecule has 1 aliphatic rings. The molecule has 3 N–H and O–H groups in total. The van der Waals surface area contributed by atoms with E-state index in [9.17, 15) is 9.59 Å². The number of carbonyl (C=O) groups is 2. The van der Waals surface area contributed by atoms with E-state index in [4.69, 9.17) is 10.7 Å². The fourth-order valence-corrected chi connectivity index (χ4v) is 1.57. The molecule has 1 amide bonds. The molecule has 1 aromatic carbocycles. The molecule has 0 bridgehead atoms. The fraction of sp³-hybridized carbons (Fsp3) is 0.273. The number of hydrazine groups is 1. The predicted octanol–water partition coefficient (Wildman–Crippen LogP) is -0.177. The lowest BCUT2D eigenvalue weighted by Crippen LogP contribution is -2.41. The summed E-state index contributed by atoms with van der Waals surface area (Å²) < 4.78 is 0. The van der Waals surface area contributed by atoms with E-state index in [1.54, 1.807) is 30.3 Å². The molecule has 6 nitrogen and oxygen atoms in total. The molecule has 1 aromatic rings. The number of nitrogens with zero attached hydrogens (tertiary/aromatic N) is 1. The van der Waals surface area contributed by atoms with Crippen molar-refractivity contribution in [2.45, 2.75) is 12.5 Å². The summed E-state index contributed by atoms with van der Waals surface area (Å²) in [6, 6.07) is 7.99. The number of amides is 1. The highest BCUT2D eigenvalue weighted by molar-refractivity contribution is 5.89. The van der Waals surface area contributed by atoms with Crippen molar-refractivity contribution in [2.24, 2.45) is 5.84 Å². The first-order chi connectivity index (χ1) is 8.18. The summed E-state index contributed by atoms with van der Waals surface area (Å²) >= 11 is 0. The van der Waals surface area contributed by atoms with Crippen molar-refractivity contribution < 1.29 is 14.4 Å². The molecule has 1 aliphatic heterocycles. The van der Waals surface area contributed by atoms with E-state index in [-0.39, 0.29) is 5.91 Å². The standard InChI is InChI=1S/C11H13N3O3/c12-14-7-6-9(10(14)15)13-17-11(16)8-4-2-1-3-5-8/h1-5,9,13H,6-7,12H2. The van der Waals surface area contributed by atoms with Gasteiger partial charge in [0.1, 0.15) is 6.04 Å². The van der Waals surface area contributed by atoms with Gasteiger partial charge in [0.05, 0.1) is 5.56 Å². The summed E-state index contributed by atoms with van der Waals surface area (Å²) in [7, 11) is 0. The molecule has 0 spiro atoms. The van der Waals surface area contributed by atoms with Crippen LogP contribution in [0.3, 0.4) is 0 Å². The van der Waals surface area contributed by atoms with Crippen molar-refractivity contribution in [3.05, 3.63) is 35.9 Å². The van der Waals surface area contributed by atoms with E-state index >= 15 is 0 Å². The largest absolute Gasteiger partial charge is 0.366 e. The zero-order chi connectivity index (χ0) is 12.3. The molecule has 2 rings (SSSR count). The van der Waals surface area contributed by atoms with Crippen LogP contribution in [0.4, 0.5) is 0 Å². The van der Waals surface area contributed by atoms with Gasteiger partial charge < -0.3 is 4.84 Å². The van der Waals surface area contributed by atoms with Gasteiger partial charge in [0.2, 0.25) is 0 Å². The van der Waals surface area contributed by atoms with Crippen LogP contribution >= 0.6 is 0 Å².